The van der Waals surface area contributed by atoms with Crippen molar-refractivity contribution in [3.8, 4) is 0 Å². The second-order valence-corrected chi connectivity index (χ2v) is 7.14. The molecule has 2 aromatic heterocycles. The Morgan fingerprint density at radius 1 is 1.04 bits per heavy atom. The number of nitrogens with one attached hydrogen (secondary N) is 2. The molecule has 124 valence electrons. The molecular formula is C22H21N3. The van der Waals surface area contributed by atoms with Gasteiger partial charge in [-0.3, -0.25) is 4.98 Å². The van der Waals surface area contributed by atoms with Gasteiger partial charge in [-0.15, -0.1) is 0 Å². The molecule has 1 aliphatic heterocycles. The van der Waals surface area contributed by atoms with Crippen LogP contribution in [0.5, 0.6) is 0 Å². The van der Waals surface area contributed by atoms with Crippen molar-refractivity contribution >= 4 is 21.7 Å². The monoisotopic (exact) mass is 327 g/mol. The van der Waals surface area contributed by atoms with Gasteiger partial charge in [0.2, 0.25) is 0 Å². The lowest BCUT2D eigenvalue weighted by Gasteiger charge is -2.25. The Kier molecular flexibility index (Phi) is 3.19. The SMILES string of the molecule is Cc1cc(C)c2c3c([nH]c2c1)C(c1ccc2cnccc2c1)NCC3. The number of hydrogen-bond acceptors (Lipinski definition) is 2. The molecule has 0 saturated carbocycles. The molecule has 0 aliphatic carbocycles. The highest BCUT2D eigenvalue weighted by molar-refractivity contribution is 5.89. The zero-order chi connectivity index (χ0) is 17.0. The molecule has 0 fully saturated rings. The highest BCUT2D eigenvalue weighted by Gasteiger charge is 2.26. The van der Waals surface area contributed by atoms with E-state index >= 15 is 0 Å². The van der Waals surface area contributed by atoms with E-state index in [1.807, 2.05) is 12.4 Å². The average molecular weight is 327 g/mol. The standard InChI is InChI=1S/C22H21N3/c1-13-9-14(2)20-18-6-8-24-21(22(18)25-19(20)10-13)16-3-4-17-12-23-7-5-15(17)11-16/h3-5,7,9-12,21,24-25H,6,8H2,1-2H3. The molecule has 25 heavy (non-hydrogen) atoms. The summed E-state index contributed by atoms with van der Waals surface area (Å²) in [4.78, 5) is 7.94. The van der Waals surface area contributed by atoms with E-state index in [0.717, 1.165) is 13.0 Å². The Morgan fingerprint density at radius 2 is 1.96 bits per heavy atom. The van der Waals surface area contributed by atoms with Crippen molar-refractivity contribution in [3.63, 3.8) is 0 Å². The minimum atomic E-state index is 0.216. The van der Waals surface area contributed by atoms with Crippen LogP contribution in [0.4, 0.5) is 0 Å². The minimum Gasteiger partial charge on any atom is -0.357 e. The zero-order valence-corrected chi connectivity index (χ0v) is 14.6. The van der Waals surface area contributed by atoms with E-state index in [0.29, 0.717) is 0 Å². The smallest absolute Gasteiger partial charge is 0.0732 e. The summed E-state index contributed by atoms with van der Waals surface area (Å²) in [6.45, 7) is 5.40. The molecule has 1 aliphatic rings. The molecule has 0 saturated heterocycles. The van der Waals surface area contributed by atoms with Crippen LogP contribution >= 0.6 is 0 Å². The molecule has 3 heterocycles. The number of H-pyrrole nitrogens is 1. The molecule has 1 unspecified atom stereocenters. The fourth-order valence-corrected chi connectivity index (χ4v) is 4.34. The first-order chi connectivity index (χ1) is 12.2. The summed E-state index contributed by atoms with van der Waals surface area (Å²) in [5.74, 6) is 0. The Morgan fingerprint density at radius 3 is 2.88 bits per heavy atom. The highest BCUT2D eigenvalue weighted by Crippen LogP contribution is 2.36. The Balaban J connectivity index is 1.70. The lowest BCUT2D eigenvalue weighted by Crippen LogP contribution is -2.30. The van der Waals surface area contributed by atoms with Crippen molar-refractivity contribution in [2.24, 2.45) is 0 Å². The van der Waals surface area contributed by atoms with E-state index in [-0.39, 0.29) is 6.04 Å². The number of aromatic amines is 1. The first-order valence-corrected chi connectivity index (χ1v) is 8.89. The third kappa shape index (κ3) is 2.27. The first kappa shape index (κ1) is 14.7. The topological polar surface area (TPSA) is 40.7 Å². The van der Waals surface area contributed by atoms with E-state index in [1.54, 1.807) is 0 Å². The van der Waals surface area contributed by atoms with Crippen molar-refractivity contribution in [1.29, 1.82) is 0 Å². The second-order valence-electron chi connectivity index (χ2n) is 7.14. The maximum Gasteiger partial charge on any atom is 0.0732 e. The van der Waals surface area contributed by atoms with Crippen LogP contribution in [-0.2, 0) is 6.42 Å². The lowest BCUT2D eigenvalue weighted by molar-refractivity contribution is 0.560. The fourth-order valence-electron chi connectivity index (χ4n) is 4.34. The predicted octanol–water partition coefficient (Wildman–Crippen LogP) is 4.57. The van der Waals surface area contributed by atoms with Crippen molar-refractivity contribution in [2.75, 3.05) is 6.54 Å². The molecule has 3 nitrogen and oxygen atoms in total. The molecule has 0 bridgehead atoms. The van der Waals surface area contributed by atoms with Crippen LogP contribution in [-0.4, -0.2) is 16.5 Å². The molecule has 5 rings (SSSR count). The molecule has 0 spiro atoms. The number of nitrogens with zero attached hydrogens (tertiary/aromatic N) is 1. The van der Waals surface area contributed by atoms with E-state index in [9.17, 15) is 0 Å². The van der Waals surface area contributed by atoms with Crippen LogP contribution in [0, 0.1) is 13.8 Å². The number of fused-ring (bicyclic) bond motifs is 4. The van der Waals surface area contributed by atoms with E-state index in [4.69, 9.17) is 0 Å². The zero-order valence-electron chi connectivity index (χ0n) is 14.6. The van der Waals surface area contributed by atoms with Crippen LogP contribution in [0.1, 0.15) is 34.0 Å². The van der Waals surface area contributed by atoms with Gasteiger partial charge in [-0.05, 0) is 66.1 Å². The van der Waals surface area contributed by atoms with Gasteiger partial charge in [0, 0.05) is 40.9 Å². The summed E-state index contributed by atoms with van der Waals surface area (Å²) in [7, 11) is 0. The number of aryl methyl sites for hydroxylation is 2. The second kappa shape index (κ2) is 5.43. The quantitative estimate of drug-likeness (QED) is 0.538. The summed E-state index contributed by atoms with van der Waals surface area (Å²) in [5.41, 5.74) is 8.06. The van der Waals surface area contributed by atoms with Gasteiger partial charge in [0.05, 0.1) is 6.04 Å². The van der Waals surface area contributed by atoms with Crippen LogP contribution in [0.3, 0.4) is 0 Å². The Bertz CT molecular complexity index is 1110. The number of benzene rings is 2. The van der Waals surface area contributed by atoms with Gasteiger partial charge in [-0.2, -0.15) is 0 Å². The van der Waals surface area contributed by atoms with Gasteiger partial charge < -0.3 is 10.3 Å². The molecule has 1 atom stereocenters. The largest absolute Gasteiger partial charge is 0.357 e. The summed E-state index contributed by atoms with van der Waals surface area (Å²) >= 11 is 0. The number of hydrogen-bond donors (Lipinski definition) is 2. The molecule has 2 aromatic carbocycles. The molecule has 3 heteroatoms. The fraction of sp³-hybridized carbons (Fsp3) is 0.227. The molecule has 0 radical (unpaired) electrons. The summed E-state index contributed by atoms with van der Waals surface area (Å²) in [6, 6.07) is 13.5. The van der Waals surface area contributed by atoms with E-state index in [2.05, 4.69) is 65.5 Å². The van der Waals surface area contributed by atoms with Crippen LogP contribution in [0.15, 0.2) is 48.8 Å². The van der Waals surface area contributed by atoms with E-state index < -0.39 is 0 Å². The number of pyridine rings is 1. The normalized spacial score (nSPS) is 17.1. The number of aromatic nitrogens is 2. The van der Waals surface area contributed by atoms with Crippen LogP contribution < -0.4 is 5.32 Å². The van der Waals surface area contributed by atoms with Gasteiger partial charge in [-0.25, -0.2) is 0 Å². The molecular weight excluding hydrogens is 306 g/mol. The average Bonchev–Trinajstić information content (AvgIpc) is 2.99. The van der Waals surface area contributed by atoms with Crippen molar-refractivity contribution in [3.05, 3.63) is 76.7 Å². The Hall–Kier alpha value is -2.65. The predicted molar refractivity (Wildman–Crippen MR) is 103 cm³/mol. The molecule has 4 aromatic rings. The minimum absolute atomic E-state index is 0.216. The number of rotatable bonds is 1. The summed E-state index contributed by atoms with van der Waals surface area (Å²) in [6.07, 6.45) is 4.86. The van der Waals surface area contributed by atoms with Gasteiger partial charge >= 0.3 is 0 Å². The lowest BCUT2D eigenvalue weighted by atomic mass is 9.92. The molecule has 2 N–H and O–H groups in total. The van der Waals surface area contributed by atoms with Crippen LogP contribution in [0.25, 0.3) is 21.7 Å². The first-order valence-electron chi connectivity index (χ1n) is 8.89. The van der Waals surface area contributed by atoms with Gasteiger partial charge in [0.15, 0.2) is 0 Å². The van der Waals surface area contributed by atoms with E-state index in [1.165, 1.54) is 49.6 Å². The van der Waals surface area contributed by atoms with Crippen molar-refractivity contribution < 1.29 is 0 Å². The maximum absolute atomic E-state index is 4.22. The molecule has 0 amide bonds. The van der Waals surface area contributed by atoms with Gasteiger partial charge in [0.25, 0.3) is 0 Å². The Labute approximate surface area is 147 Å². The third-order valence-electron chi connectivity index (χ3n) is 5.39. The highest BCUT2D eigenvalue weighted by atomic mass is 15.0. The summed E-state index contributed by atoms with van der Waals surface area (Å²) in [5, 5.41) is 7.54. The maximum atomic E-state index is 4.22. The van der Waals surface area contributed by atoms with Gasteiger partial charge in [-0.1, -0.05) is 18.2 Å². The van der Waals surface area contributed by atoms with Crippen molar-refractivity contribution in [1.82, 2.24) is 15.3 Å². The van der Waals surface area contributed by atoms with Gasteiger partial charge in [0.1, 0.15) is 0 Å². The van der Waals surface area contributed by atoms with Crippen LogP contribution in [0.2, 0.25) is 0 Å². The third-order valence-corrected chi connectivity index (χ3v) is 5.39. The summed E-state index contributed by atoms with van der Waals surface area (Å²) < 4.78 is 0. The van der Waals surface area contributed by atoms with Crippen molar-refractivity contribution in [2.45, 2.75) is 26.3 Å².